The van der Waals surface area contributed by atoms with Gasteiger partial charge in [-0.2, -0.15) is 0 Å². The molecule has 3 rings (SSSR count). The lowest BCUT2D eigenvalue weighted by Crippen LogP contribution is -2.20. The molecular weight excluding hydrogens is 227 g/mol. The van der Waals surface area contributed by atoms with Crippen LogP contribution in [0.15, 0.2) is 48.5 Å². The van der Waals surface area contributed by atoms with Crippen LogP contribution >= 0.6 is 0 Å². The standard InChI is InChI=1S/C16H13FO/c17-13-8-5-12(6-9-13)15-10-7-11-3-1-2-4-14(11)16(15)18/h1-6,8-9,15H,7,10H2/t15-/m0/s1. The number of hydrogen-bond acceptors (Lipinski definition) is 1. The summed E-state index contributed by atoms with van der Waals surface area (Å²) in [5.41, 5.74) is 2.86. The maximum atomic E-state index is 12.9. The van der Waals surface area contributed by atoms with Crippen molar-refractivity contribution in [2.75, 3.05) is 0 Å². The monoisotopic (exact) mass is 240 g/mol. The van der Waals surface area contributed by atoms with E-state index < -0.39 is 0 Å². The quantitative estimate of drug-likeness (QED) is 0.742. The SMILES string of the molecule is O=C1c2ccccc2CC[C@H]1c1ccc(F)cc1. The van der Waals surface area contributed by atoms with Gasteiger partial charge >= 0.3 is 0 Å². The first-order chi connectivity index (χ1) is 8.75. The van der Waals surface area contributed by atoms with Crippen LogP contribution in [0.5, 0.6) is 0 Å². The van der Waals surface area contributed by atoms with E-state index >= 15 is 0 Å². The number of hydrogen-bond donors (Lipinski definition) is 0. The summed E-state index contributed by atoms with van der Waals surface area (Å²) in [5, 5.41) is 0. The van der Waals surface area contributed by atoms with E-state index in [0.29, 0.717) is 0 Å². The van der Waals surface area contributed by atoms with Gasteiger partial charge in [-0.05, 0) is 36.1 Å². The number of Topliss-reactive ketones (excluding diaryl/α,β-unsaturated/α-hetero) is 1. The van der Waals surface area contributed by atoms with Crippen molar-refractivity contribution in [3.63, 3.8) is 0 Å². The van der Waals surface area contributed by atoms with E-state index in [1.807, 2.05) is 24.3 Å². The molecule has 0 spiro atoms. The van der Waals surface area contributed by atoms with Crippen molar-refractivity contribution in [3.05, 3.63) is 71.0 Å². The number of ketones is 1. The first-order valence-electron chi connectivity index (χ1n) is 6.13. The zero-order valence-electron chi connectivity index (χ0n) is 9.90. The molecule has 90 valence electrons. The fourth-order valence-corrected chi connectivity index (χ4v) is 2.61. The molecular formula is C16H13FO. The molecule has 0 saturated carbocycles. The molecule has 18 heavy (non-hydrogen) atoms. The number of aryl methyl sites for hydroxylation is 1. The van der Waals surface area contributed by atoms with E-state index in [-0.39, 0.29) is 17.5 Å². The van der Waals surface area contributed by atoms with E-state index in [2.05, 4.69) is 0 Å². The van der Waals surface area contributed by atoms with Crippen molar-refractivity contribution in [2.45, 2.75) is 18.8 Å². The highest BCUT2D eigenvalue weighted by atomic mass is 19.1. The Hall–Kier alpha value is -1.96. The third-order valence-corrected chi connectivity index (χ3v) is 3.57. The Labute approximate surface area is 105 Å². The zero-order chi connectivity index (χ0) is 12.5. The van der Waals surface area contributed by atoms with E-state index in [4.69, 9.17) is 0 Å². The Morgan fingerprint density at radius 2 is 1.72 bits per heavy atom. The number of carbonyl (C=O) groups is 1. The summed E-state index contributed by atoms with van der Waals surface area (Å²) in [6.07, 6.45) is 1.71. The maximum Gasteiger partial charge on any atom is 0.170 e. The molecule has 1 atom stereocenters. The summed E-state index contributed by atoms with van der Waals surface area (Å²) in [7, 11) is 0. The maximum absolute atomic E-state index is 12.9. The second-order valence-electron chi connectivity index (χ2n) is 4.66. The minimum absolute atomic E-state index is 0.125. The summed E-state index contributed by atoms with van der Waals surface area (Å²) in [5.74, 6) is -0.230. The minimum atomic E-state index is -0.262. The third-order valence-electron chi connectivity index (χ3n) is 3.57. The van der Waals surface area contributed by atoms with Crippen LogP contribution in [0.1, 0.15) is 33.8 Å². The molecule has 0 aromatic heterocycles. The molecule has 0 amide bonds. The Morgan fingerprint density at radius 1 is 1.00 bits per heavy atom. The largest absolute Gasteiger partial charge is 0.293 e. The molecule has 1 nitrogen and oxygen atoms in total. The van der Waals surface area contributed by atoms with Crippen molar-refractivity contribution in [3.8, 4) is 0 Å². The molecule has 0 fully saturated rings. The molecule has 1 aliphatic rings. The molecule has 0 N–H and O–H groups in total. The van der Waals surface area contributed by atoms with Gasteiger partial charge < -0.3 is 0 Å². The first kappa shape index (κ1) is 11.1. The van der Waals surface area contributed by atoms with Crippen LogP contribution in [0.25, 0.3) is 0 Å². The summed E-state index contributed by atoms with van der Waals surface area (Å²) < 4.78 is 12.9. The Kier molecular flexibility index (Phi) is 2.71. The fourth-order valence-electron chi connectivity index (χ4n) is 2.61. The highest BCUT2D eigenvalue weighted by Crippen LogP contribution is 2.32. The first-order valence-corrected chi connectivity index (χ1v) is 6.13. The molecule has 2 heteroatoms. The second kappa shape index (κ2) is 4.37. The number of benzene rings is 2. The van der Waals surface area contributed by atoms with Crippen molar-refractivity contribution < 1.29 is 9.18 Å². The summed E-state index contributed by atoms with van der Waals surface area (Å²) >= 11 is 0. The molecule has 1 aliphatic carbocycles. The second-order valence-corrected chi connectivity index (χ2v) is 4.66. The lowest BCUT2D eigenvalue weighted by molar-refractivity contribution is 0.0946. The van der Waals surface area contributed by atoms with Crippen LogP contribution < -0.4 is 0 Å². The van der Waals surface area contributed by atoms with Crippen LogP contribution in [0, 0.1) is 5.82 Å². The van der Waals surface area contributed by atoms with Gasteiger partial charge in [0.1, 0.15) is 5.82 Å². The van der Waals surface area contributed by atoms with Gasteiger partial charge in [-0.15, -0.1) is 0 Å². The number of rotatable bonds is 1. The smallest absolute Gasteiger partial charge is 0.170 e. The van der Waals surface area contributed by atoms with E-state index in [1.54, 1.807) is 12.1 Å². The van der Waals surface area contributed by atoms with Crippen LogP contribution in [-0.2, 0) is 6.42 Å². The van der Waals surface area contributed by atoms with Gasteiger partial charge in [0.05, 0.1) is 0 Å². The van der Waals surface area contributed by atoms with Gasteiger partial charge in [0.2, 0.25) is 0 Å². The summed E-state index contributed by atoms with van der Waals surface area (Å²) in [4.78, 5) is 12.4. The molecule has 0 aliphatic heterocycles. The van der Waals surface area contributed by atoms with Gasteiger partial charge in [-0.3, -0.25) is 4.79 Å². The van der Waals surface area contributed by atoms with Crippen molar-refractivity contribution in [2.24, 2.45) is 0 Å². The predicted octanol–water partition coefficient (Wildman–Crippen LogP) is 3.74. The van der Waals surface area contributed by atoms with Crippen LogP contribution in [-0.4, -0.2) is 5.78 Å². The topological polar surface area (TPSA) is 17.1 Å². The molecule has 0 unspecified atom stereocenters. The molecule has 0 radical (unpaired) electrons. The molecule has 2 aromatic carbocycles. The molecule has 2 aromatic rings. The van der Waals surface area contributed by atoms with Crippen LogP contribution in [0.2, 0.25) is 0 Å². The lowest BCUT2D eigenvalue weighted by Gasteiger charge is -2.23. The van der Waals surface area contributed by atoms with Crippen LogP contribution in [0.4, 0.5) is 4.39 Å². The van der Waals surface area contributed by atoms with Gasteiger partial charge in [-0.1, -0.05) is 36.4 Å². The number of halogens is 1. The Balaban J connectivity index is 1.97. The number of carbonyl (C=O) groups excluding carboxylic acids is 1. The fraction of sp³-hybridized carbons (Fsp3) is 0.188. The van der Waals surface area contributed by atoms with Crippen LogP contribution in [0.3, 0.4) is 0 Å². The minimum Gasteiger partial charge on any atom is -0.293 e. The van der Waals surface area contributed by atoms with Gasteiger partial charge in [0.15, 0.2) is 5.78 Å². The third kappa shape index (κ3) is 1.84. The normalized spacial score (nSPS) is 18.5. The van der Waals surface area contributed by atoms with Crippen molar-refractivity contribution >= 4 is 5.78 Å². The highest BCUT2D eigenvalue weighted by molar-refractivity contribution is 6.03. The van der Waals surface area contributed by atoms with Crippen molar-refractivity contribution in [1.29, 1.82) is 0 Å². The summed E-state index contributed by atoms with van der Waals surface area (Å²) in [6.45, 7) is 0. The molecule has 0 saturated heterocycles. The van der Waals surface area contributed by atoms with E-state index in [1.165, 1.54) is 12.1 Å². The average Bonchev–Trinajstić information content (AvgIpc) is 2.41. The Bertz CT molecular complexity index is 586. The summed E-state index contributed by atoms with van der Waals surface area (Å²) in [6, 6.07) is 14.0. The zero-order valence-corrected chi connectivity index (χ0v) is 9.90. The van der Waals surface area contributed by atoms with E-state index in [0.717, 1.165) is 29.5 Å². The molecule has 0 heterocycles. The predicted molar refractivity (Wildman–Crippen MR) is 68.2 cm³/mol. The average molecular weight is 240 g/mol. The highest BCUT2D eigenvalue weighted by Gasteiger charge is 2.27. The van der Waals surface area contributed by atoms with E-state index in [9.17, 15) is 9.18 Å². The van der Waals surface area contributed by atoms with Gasteiger partial charge in [0, 0.05) is 11.5 Å². The van der Waals surface area contributed by atoms with Gasteiger partial charge in [0.25, 0.3) is 0 Å². The van der Waals surface area contributed by atoms with Crippen molar-refractivity contribution in [1.82, 2.24) is 0 Å². The lowest BCUT2D eigenvalue weighted by atomic mass is 9.79. The number of fused-ring (bicyclic) bond motifs is 1. The van der Waals surface area contributed by atoms with Gasteiger partial charge in [-0.25, -0.2) is 4.39 Å². The Morgan fingerprint density at radius 3 is 2.50 bits per heavy atom. The molecule has 0 bridgehead atoms.